The normalized spacial score (nSPS) is 16.8. The Kier molecular flexibility index (Phi) is 2.26. The Bertz CT molecular complexity index is 589. The number of nitrogens with two attached hydrogens (primary N) is 1. The smallest absolute Gasteiger partial charge is 0.123 e. The summed E-state index contributed by atoms with van der Waals surface area (Å²) in [6.07, 6.45) is 0.991. The predicted octanol–water partition coefficient (Wildman–Crippen LogP) is 3.42. The summed E-state index contributed by atoms with van der Waals surface area (Å²) in [5.74, 6) is -0.220. The quantitative estimate of drug-likeness (QED) is 0.793. The summed E-state index contributed by atoms with van der Waals surface area (Å²) < 4.78 is 13.2. The van der Waals surface area contributed by atoms with E-state index in [1.165, 1.54) is 11.6 Å². The molecule has 0 radical (unpaired) electrons. The number of fused-ring (bicyclic) bond motifs is 3. The van der Waals surface area contributed by atoms with Crippen LogP contribution in [-0.2, 0) is 6.42 Å². The maximum Gasteiger partial charge on any atom is 0.123 e. The Morgan fingerprint density at radius 1 is 1.06 bits per heavy atom. The summed E-state index contributed by atoms with van der Waals surface area (Å²) in [5.41, 5.74) is 11.7. The van der Waals surface area contributed by atoms with Crippen LogP contribution in [-0.4, -0.2) is 0 Å². The molecule has 0 amide bonds. The lowest BCUT2D eigenvalue weighted by Gasteiger charge is -2.07. The van der Waals surface area contributed by atoms with Crippen molar-refractivity contribution in [1.29, 1.82) is 0 Å². The Balaban J connectivity index is 2.23. The van der Waals surface area contributed by atoms with Crippen molar-refractivity contribution < 1.29 is 4.39 Å². The molecule has 0 aliphatic heterocycles. The molecule has 2 aromatic rings. The number of hydrogen-bond acceptors (Lipinski definition) is 1. The van der Waals surface area contributed by atoms with Crippen molar-refractivity contribution in [3.05, 3.63) is 58.9 Å². The maximum absolute atomic E-state index is 13.2. The van der Waals surface area contributed by atoms with Crippen molar-refractivity contribution >= 4 is 0 Å². The van der Waals surface area contributed by atoms with Crippen molar-refractivity contribution in [3.63, 3.8) is 0 Å². The number of hydrogen-bond donors (Lipinski definition) is 1. The van der Waals surface area contributed by atoms with Crippen LogP contribution in [0.1, 0.15) is 29.7 Å². The summed E-state index contributed by atoms with van der Waals surface area (Å²) >= 11 is 0. The minimum Gasteiger partial charge on any atom is -0.320 e. The third-order valence-electron chi connectivity index (χ3n) is 3.50. The fourth-order valence-corrected chi connectivity index (χ4v) is 2.54. The number of aryl methyl sites for hydroxylation is 1. The van der Waals surface area contributed by atoms with Crippen molar-refractivity contribution in [3.8, 4) is 11.1 Å². The van der Waals surface area contributed by atoms with Crippen molar-refractivity contribution in [2.75, 3.05) is 0 Å². The van der Waals surface area contributed by atoms with Crippen molar-refractivity contribution in [2.24, 2.45) is 5.73 Å². The van der Waals surface area contributed by atoms with Gasteiger partial charge in [0, 0.05) is 0 Å². The largest absolute Gasteiger partial charge is 0.320 e. The third kappa shape index (κ3) is 1.48. The molecule has 1 aliphatic carbocycles. The van der Waals surface area contributed by atoms with Crippen molar-refractivity contribution in [2.45, 2.75) is 19.4 Å². The van der Waals surface area contributed by atoms with E-state index in [1.54, 1.807) is 6.07 Å². The molecule has 17 heavy (non-hydrogen) atoms. The monoisotopic (exact) mass is 227 g/mol. The van der Waals surface area contributed by atoms with Gasteiger partial charge < -0.3 is 5.73 Å². The lowest BCUT2D eigenvalue weighted by atomic mass is 10.0. The van der Waals surface area contributed by atoms with Gasteiger partial charge >= 0.3 is 0 Å². The first-order chi connectivity index (χ1) is 8.20. The second-order valence-electron chi connectivity index (χ2n) is 4.48. The van der Waals surface area contributed by atoms with Crippen LogP contribution in [0.3, 0.4) is 0 Å². The maximum atomic E-state index is 13.2. The van der Waals surface area contributed by atoms with Gasteiger partial charge in [0.25, 0.3) is 0 Å². The molecule has 2 N–H and O–H groups in total. The minimum atomic E-state index is -0.220. The first-order valence-electron chi connectivity index (χ1n) is 5.89. The van der Waals surface area contributed by atoms with Crippen LogP contribution >= 0.6 is 0 Å². The zero-order valence-corrected chi connectivity index (χ0v) is 9.70. The van der Waals surface area contributed by atoms with Gasteiger partial charge in [-0.05, 0) is 46.4 Å². The SMILES string of the molecule is CCc1ccc2c(c1)[C@@H](N)c1cc(F)ccc1-2. The molecule has 3 rings (SSSR count). The summed E-state index contributed by atoms with van der Waals surface area (Å²) in [5, 5.41) is 0. The van der Waals surface area contributed by atoms with Crippen LogP contribution < -0.4 is 5.73 Å². The van der Waals surface area contributed by atoms with E-state index in [1.807, 2.05) is 6.07 Å². The molecule has 1 aliphatic rings. The topological polar surface area (TPSA) is 26.0 Å². The zero-order valence-electron chi connectivity index (χ0n) is 9.70. The van der Waals surface area contributed by atoms with Gasteiger partial charge in [0.2, 0.25) is 0 Å². The predicted molar refractivity (Wildman–Crippen MR) is 67.2 cm³/mol. The molecule has 1 nitrogen and oxygen atoms in total. The summed E-state index contributed by atoms with van der Waals surface area (Å²) in [6.45, 7) is 2.12. The highest BCUT2D eigenvalue weighted by atomic mass is 19.1. The molecular weight excluding hydrogens is 213 g/mol. The Labute approximate surface area is 100 Å². The molecule has 0 saturated carbocycles. The fourth-order valence-electron chi connectivity index (χ4n) is 2.54. The standard InChI is InChI=1S/C15H14FN/c1-2-9-3-5-11-12-6-4-10(16)8-14(12)15(17)13(11)7-9/h3-8,15H,2,17H2,1H3/t15-/m1/s1. The van der Waals surface area contributed by atoms with Crippen LogP contribution in [0, 0.1) is 5.82 Å². The van der Waals surface area contributed by atoms with Crippen LogP contribution in [0.5, 0.6) is 0 Å². The fraction of sp³-hybridized carbons (Fsp3) is 0.200. The summed E-state index contributed by atoms with van der Waals surface area (Å²) in [6, 6.07) is 11.0. The van der Waals surface area contributed by atoms with E-state index >= 15 is 0 Å². The first-order valence-corrected chi connectivity index (χ1v) is 5.89. The highest BCUT2D eigenvalue weighted by Crippen LogP contribution is 2.42. The summed E-state index contributed by atoms with van der Waals surface area (Å²) in [4.78, 5) is 0. The van der Waals surface area contributed by atoms with E-state index in [9.17, 15) is 4.39 Å². The lowest BCUT2D eigenvalue weighted by molar-refractivity contribution is 0.624. The average molecular weight is 227 g/mol. The van der Waals surface area contributed by atoms with Gasteiger partial charge in [0.15, 0.2) is 0 Å². The molecule has 2 heteroatoms. The van der Waals surface area contributed by atoms with E-state index < -0.39 is 0 Å². The van der Waals surface area contributed by atoms with E-state index in [0.717, 1.165) is 28.7 Å². The molecular formula is C15H14FN. The van der Waals surface area contributed by atoms with Gasteiger partial charge in [-0.2, -0.15) is 0 Å². The summed E-state index contributed by atoms with van der Waals surface area (Å²) in [7, 11) is 0. The molecule has 0 unspecified atom stereocenters. The second-order valence-corrected chi connectivity index (χ2v) is 4.48. The second kappa shape index (κ2) is 3.67. The van der Waals surface area contributed by atoms with Gasteiger partial charge in [-0.15, -0.1) is 0 Å². The van der Waals surface area contributed by atoms with Gasteiger partial charge in [0.1, 0.15) is 5.82 Å². The molecule has 0 bridgehead atoms. The van der Waals surface area contributed by atoms with E-state index in [0.29, 0.717) is 0 Å². The molecule has 0 spiro atoms. The van der Waals surface area contributed by atoms with Gasteiger partial charge in [-0.1, -0.05) is 31.2 Å². The average Bonchev–Trinajstić information content (AvgIpc) is 2.62. The van der Waals surface area contributed by atoms with Crippen LogP contribution in [0.25, 0.3) is 11.1 Å². The molecule has 0 saturated heterocycles. The Morgan fingerprint density at radius 3 is 2.41 bits per heavy atom. The molecule has 2 aromatic carbocycles. The van der Waals surface area contributed by atoms with Gasteiger partial charge in [-0.25, -0.2) is 4.39 Å². The third-order valence-corrected chi connectivity index (χ3v) is 3.50. The van der Waals surface area contributed by atoms with Crippen molar-refractivity contribution in [1.82, 2.24) is 0 Å². The molecule has 0 fully saturated rings. The zero-order chi connectivity index (χ0) is 12.0. The van der Waals surface area contributed by atoms with Gasteiger partial charge in [0.05, 0.1) is 6.04 Å². The molecule has 1 atom stereocenters. The number of benzene rings is 2. The van der Waals surface area contributed by atoms with Crippen LogP contribution in [0.4, 0.5) is 4.39 Å². The van der Waals surface area contributed by atoms with E-state index in [4.69, 9.17) is 5.73 Å². The highest BCUT2D eigenvalue weighted by molar-refractivity contribution is 5.78. The Hall–Kier alpha value is -1.67. The van der Waals surface area contributed by atoms with E-state index in [2.05, 4.69) is 25.1 Å². The number of rotatable bonds is 1. The molecule has 0 heterocycles. The Morgan fingerprint density at radius 2 is 1.71 bits per heavy atom. The number of halogens is 1. The highest BCUT2D eigenvalue weighted by Gasteiger charge is 2.26. The first kappa shape index (κ1) is 10.5. The lowest BCUT2D eigenvalue weighted by Crippen LogP contribution is -2.08. The molecule has 0 aromatic heterocycles. The molecule has 86 valence electrons. The van der Waals surface area contributed by atoms with Crippen LogP contribution in [0.15, 0.2) is 36.4 Å². The minimum absolute atomic E-state index is 0.192. The van der Waals surface area contributed by atoms with Gasteiger partial charge in [-0.3, -0.25) is 0 Å². The van der Waals surface area contributed by atoms with E-state index in [-0.39, 0.29) is 11.9 Å². The van der Waals surface area contributed by atoms with Crippen LogP contribution in [0.2, 0.25) is 0 Å².